The fraction of sp³-hybridized carbons (Fsp3) is 0.222. The predicted molar refractivity (Wildman–Crippen MR) is 94.4 cm³/mol. The first kappa shape index (κ1) is 16.0. The molecule has 0 bridgehead atoms. The molecule has 0 saturated carbocycles. The molecule has 0 aliphatic rings. The highest BCUT2D eigenvalue weighted by Gasteiger charge is 2.05. The number of nitrogens with zero attached hydrogens (tertiary/aromatic N) is 2. The number of hydrogen-bond acceptors (Lipinski definition) is 2. The highest BCUT2D eigenvalue weighted by Crippen LogP contribution is 2.19. The first-order valence-electron chi connectivity index (χ1n) is 7.86. The van der Waals surface area contributed by atoms with Crippen molar-refractivity contribution in [3.8, 4) is 0 Å². The van der Waals surface area contributed by atoms with Crippen LogP contribution < -0.4 is 10.6 Å². The van der Waals surface area contributed by atoms with E-state index in [1.54, 1.807) is 25.4 Å². The molecule has 124 valence electrons. The molecule has 0 saturated heterocycles. The number of halogens is 1. The van der Waals surface area contributed by atoms with Crippen LogP contribution in [0.5, 0.6) is 0 Å². The van der Waals surface area contributed by atoms with Crippen molar-refractivity contribution in [2.45, 2.75) is 13.0 Å². The van der Waals surface area contributed by atoms with Crippen LogP contribution in [0, 0.1) is 5.82 Å². The third kappa shape index (κ3) is 3.90. The standard InChI is InChI=1S/C18H20FN5/c1-20-18(24-12-15-4-2-3-8-21-15)22-9-7-13-11-23-17-6-5-14(19)10-16(13)17/h2-6,8,10-11,23H,7,9,12H2,1H3,(H2,20,22,24). The zero-order chi connectivity index (χ0) is 16.8. The summed E-state index contributed by atoms with van der Waals surface area (Å²) in [6, 6.07) is 10.6. The van der Waals surface area contributed by atoms with E-state index in [-0.39, 0.29) is 5.82 Å². The maximum Gasteiger partial charge on any atom is 0.191 e. The van der Waals surface area contributed by atoms with Crippen LogP contribution in [0.15, 0.2) is 53.8 Å². The molecule has 1 aromatic carbocycles. The average Bonchev–Trinajstić information content (AvgIpc) is 3.01. The van der Waals surface area contributed by atoms with Crippen LogP contribution in [-0.4, -0.2) is 29.5 Å². The number of hydrogen-bond donors (Lipinski definition) is 3. The van der Waals surface area contributed by atoms with Gasteiger partial charge in [-0.25, -0.2) is 4.39 Å². The van der Waals surface area contributed by atoms with Crippen LogP contribution in [0.1, 0.15) is 11.3 Å². The molecule has 0 amide bonds. The second-order valence-corrected chi connectivity index (χ2v) is 5.43. The van der Waals surface area contributed by atoms with Crippen molar-refractivity contribution >= 4 is 16.9 Å². The Labute approximate surface area is 140 Å². The van der Waals surface area contributed by atoms with Gasteiger partial charge in [-0.2, -0.15) is 0 Å². The van der Waals surface area contributed by atoms with Gasteiger partial charge in [-0.15, -0.1) is 0 Å². The van der Waals surface area contributed by atoms with Crippen molar-refractivity contribution in [2.75, 3.05) is 13.6 Å². The van der Waals surface area contributed by atoms with Crippen LogP contribution >= 0.6 is 0 Å². The quantitative estimate of drug-likeness (QED) is 0.499. The SMILES string of the molecule is CN=C(NCCc1c[nH]c2ccc(F)cc12)NCc1ccccn1. The minimum atomic E-state index is -0.218. The summed E-state index contributed by atoms with van der Waals surface area (Å²) in [5.41, 5.74) is 2.98. The van der Waals surface area contributed by atoms with E-state index in [0.29, 0.717) is 19.0 Å². The third-order valence-corrected chi connectivity index (χ3v) is 3.80. The highest BCUT2D eigenvalue weighted by molar-refractivity contribution is 5.83. The van der Waals surface area contributed by atoms with Gasteiger partial charge in [-0.1, -0.05) is 6.07 Å². The molecule has 6 heteroatoms. The van der Waals surface area contributed by atoms with E-state index in [2.05, 4.69) is 25.6 Å². The van der Waals surface area contributed by atoms with E-state index in [1.807, 2.05) is 24.4 Å². The summed E-state index contributed by atoms with van der Waals surface area (Å²) in [5, 5.41) is 7.41. The molecule has 0 radical (unpaired) electrons. The molecule has 3 aromatic rings. The number of aromatic amines is 1. The summed E-state index contributed by atoms with van der Waals surface area (Å²) in [6.07, 6.45) is 4.47. The van der Waals surface area contributed by atoms with Gasteiger partial charge in [-0.3, -0.25) is 9.98 Å². The third-order valence-electron chi connectivity index (χ3n) is 3.80. The summed E-state index contributed by atoms with van der Waals surface area (Å²) < 4.78 is 13.4. The lowest BCUT2D eigenvalue weighted by atomic mass is 10.1. The van der Waals surface area contributed by atoms with E-state index < -0.39 is 0 Å². The fourth-order valence-corrected chi connectivity index (χ4v) is 2.57. The van der Waals surface area contributed by atoms with E-state index in [4.69, 9.17) is 0 Å². The van der Waals surface area contributed by atoms with Crippen LogP contribution in [0.4, 0.5) is 4.39 Å². The molecule has 0 aliphatic heterocycles. The van der Waals surface area contributed by atoms with Crippen molar-refractivity contribution in [2.24, 2.45) is 4.99 Å². The second-order valence-electron chi connectivity index (χ2n) is 5.43. The number of fused-ring (bicyclic) bond motifs is 1. The molecule has 3 rings (SSSR count). The maximum atomic E-state index is 13.4. The number of pyridine rings is 1. The van der Waals surface area contributed by atoms with Gasteiger partial charge in [0.1, 0.15) is 5.82 Å². The molecule has 0 atom stereocenters. The molecule has 0 aliphatic carbocycles. The maximum absolute atomic E-state index is 13.4. The Morgan fingerprint density at radius 3 is 2.96 bits per heavy atom. The van der Waals surface area contributed by atoms with Crippen LogP contribution in [0.25, 0.3) is 10.9 Å². The second kappa shape index (κ2) is 7.59. The molecular formula is C18H20FN5. The summed E-state index contributed by atoms with van der Waals surface area (Å²) in [5.74, 6) is 0.496. The monoisotopic (exact) mass is 325 g/mol. The van der Waals surface area contributed by atoms with Gasteiger partial charge in [0.15, 0.2) is 5.96 Å². The van der Waals surface area contributed by atoms with E-state index in [1.165, 1.54) is 6.07 Å². The largest absolute Gasteiger partial charge is 0.361 e. The number of aliphatic imine (C=N–C) groups is 1. The van der Waals surface area contributed by atoms with Gasteiger partial charge in [0.05, 0.1) is 12.2 Å². The Hall–Kier alpha value is -2.89. The predicted octanol–water partition coefficient (Wildman–Crippen LogP) is 2.61. The van der Waals surface area contributed by atoms with Crippen LogP contribution in [-0.2, 0) is 13.0 Å². The fourth-order valence-electron chi connectivity index (χ4n) is 2.57. The molecule has 2 heterocycles. The highest BCUT2D eigenvalue weighted by atomic mass is 19.1. The minimum Gasteiger partial charge on any atom is -0.361 e. The Morgan fingerprint density at radius 1 is 1.25 bits per heavy atom. The Balaban J connectivity index is 1.53. The lowest BCUT2D eigenvalue weighted by molar-refractivity contribution is 0.629. The van der Waals surface area contributed by atoms with Gasteiger partial charge >= 0.3 is 0 Å². The Morgan fingerprint density at radius 2 is 2.17 bits per heavy atom. The number of guanidine groups is 1. The minimum absolute atomic E-state index is 0.218. The van der Waals surface area contributed by atoms with E-state index in [0.717, 1.165) is 28.6 Å². The van der Waals surface area contributed by atoms with Gasteiger partial charge in [0.2, 0.25) is 0 Å². The number of aromatic nitrogens is 2. The zero-order valence-electron chi connectivity index (χ0n) is 13.5. The lowest BCUT2D eigenvalue weighted by Gasteiger charge is -2.11. The van der Waals surface area contributed by atoms with Gasteiger partial charge < -0.3 is 15.6 Å². The van der Waals surface area contributed by atoms with Crippen molar-refractivity contribution in [1.29, 1.82) is 0 Å². The summed E-state index contributed by atoms with van der Waals surface area (Å²) >= 11 is 0. The molecule has 2 aromatic heterocycles. The summed E-state index contributed by atoms with van der Waals surface area (Å²) in [6.45, 7) is 1.31. The summed E-state index contributed by atoms with van der Waals surface area (Å²) in [7, 11) is 1.73. The zero-order valence-corrected chi connectivity index (χ0v) is 13.5. The normalized spacial score (nSPS) is 11.7. The average molecular weight is 325 g/mol. The summed E-state index contributed by atoms with van der Waals surface area (Å²) in [4.78, 5) is 11.6. The molecular weight excluding hydrogens is 305 g/mol. The molecule has 0 fully saturated rings. The molecule has 5 nitrogen and oxygen atoms in total. The van der Waals surface area contributed by atoms with Gasteiger partial charge in [-0.05, 0) is 42.3 Å². The molecule has 24 heavy (non-hydrogen) atoms. The van der Waals surface area contributed by atoms with Crippen molar-refractivity contribution in [3.63, 3.8) is 0 Å². The van der Waals surface area contributed by atoms with Crippen molar-refractivity contribution < 1.29 is 4.39 Å². The van der Waals surface area contributed by atoms with E-state index >= 15 is 0 Å². The van der Waals surface area contributed by atoms with E-state index in [9.17, 15) is 4.39 Å². The smallest absolute Gasteiger partial charge is 0.191 e. The van der Waals surface area contributed by atoms with Crippen LogP contribution in [0.2, 0.25) is 0 Å². The number of nitrogens with one attached hydrogen (secondary N) is 3. The van der Waals surface area contributed by atoms with Crippen molar-refractivity contribution in [3.05, 3.63) is 65.9 Å². The van der Waals surface area contributed by atoms with Gasteiger partial charge in [0, 0.05) is 36.9 Å². The molecule has 3 N–H and O–H groups in total. The molecule has 0 spiro atoms. The molecule has 0 unspecified atom stereocenters. The number of H-pyrrole nitrogens is 1. The lowest BCUT2D eigenvalue weighted by Crippen LogP contribution is -2.38. The van der Waals surface area contributed by atoms with Crippen molar-refractivity contribution in [1.82, 2.24) is 20.6 Å². The first-order valence-corrected chi connectivity index (χ1v) is 7.86. The topological polar surface area (TPSA) is 65.1 Å². The number of benzene rings is 1. The van der Waals surface area contributed by atoms with Crippen LogP contribution in [0.3, 0.4) is 0 Å². The van der Waals surface area contributed by atoms with Gasteiger partial charge in [0.25, 0.3) is 0 Å². The Kier molecular flexibility index (Phi) is 5.05. The first-order chi connectivity index (χ1) is 11.8. The Bertz CT molecular complexity index is 826. The number of rotatable bonds is 5.